The fourth-order valence-corrected chi connectivity index (χ4v) is 2.02. The molecule has 0 unspecified atom stereocenters. The Morgan fingerprint density at radius 1 is 1.29 bits per heavy atom. The number of carbonyl (C=O) groups excluding carboxylic acids is 2. The summed E-state index contributed by atoms with van der Waals surface area (Å²) in [7, 11) is 0. The molecule has 1 rings (SSSR count). The Labute approximate surface area is 125 Å². The number of hydrogen-bond donors (Lipinski definition) is 1. The van der Waals surface area contributed by atoms with Gasteiger partial charge in [0.2, 0.25) is 11.8 Å². The molecule has 0 aliphatic carbocycles. The molecule has 0 saturated carbocycles. The van der Waals surface area contributed by atoms with Crippen molar-refractivity contribution < 1.29 is 14.0 Å². The van der Waals surface area contributed by atoms with Crippen molar-refractivity contribution in [1.29, 1.82) is 0 Å². The van der Waals surface area contributed by atoms with E-state index in [-0.39, 0.29) is 24.8 Å². The molecule has 1 N–H and O–H groups in total. The summed E-state index contributed by atoms with van der Waals surface area (Å²) < 4.78 is 13.2. The first-order valence-corrected chi connectivity index (χ1v) is 7.35. The Morgan fingerprint density at radius 2 is 2.05 bits per heavy atom. The maximum Gasteiger partial charge on any atom is 0.223 e. The number of carbonyl (C=O) groups is 2. The van der Waals surface area contributed by atoms with Crippen LogP contribution in [0.4, 0.5) is 10.1 Å². The Bertz CT molecular complexity index is 477. The Hall–Kier alpha value is -1.91. The minimum absolute atomic E-state index is 0.0891. The van der Waals surface area contributed by atoms with Crippen molar-refractivity contribution in [3.8, 4) is 0 Å². The van der Waals surface area contributed by atoms with E-state index in [9.17, 15) is 14.0 Å². The molecule has 0 bridgehead atoms. The minimum atomic E-state index is -0.400. The summed E-state index contributed by atoms with van der Waals surface area (Å²) in [5, 5.41) is 2.82. The minimum Gasteiger partial charge on any atom is -0.356 e. The Kier molecular flexibility index (Phi) is 7.43. The van der Waals surface area contributed by atoms with Crippen molar-refractivity contribution in [3.63, 3.8) is 0 Å². The molecular weight excluding hydrogens is 271 g/mol. The third kappa shape index (κ3) is 6.38. The van der Waals surface area contributed by atoms with Crippen LogP contribution in [0.5, 0.6) is 0 Å². The SMILES string of the molecule is CCCCCNC(=O)CCN(C(C)=O)c1cccc(F)c1. The fraction of sp³-hybridized carbons (Fsp3) is 0.500. The van der Waals surface area contributed by atoms with Crippen molar-refractivity contribution in [2.45, 2.75) is 39.5 Å². The van der Waals surface area contributed by atoms with Gasteiger partial charge in [0.25, 0.3) is 0 Å². The second-order valence-corrected chi connectivity index (χ2v) is 4.96. The van der Waals surface area contributed by atoms with Crippen LogP contribution in [0.2, 0.25) is 0 Å². The molecule has 0 heterocycles. The van der Waals surface area contributed by atoms with Crippen LogP contribution < -0.4 is 10.2 Å². The average Bonchev–Trinajstić information content (AvgIpc) is 2.43. The standard InChI is InChI=1S/C16H23FN2O2/c1-3-4-5-10-18-16(21)9-11-19(13(2)20)15-8-6-7-14(17)12-15/h6-8,12H,3-5,9-11H2,1-2H3,(H,18,21). The van der Waals surface area contributed by atoms with E-state index in [1.54, 1.807) is 12.1 Å². The van der Waals surface area contributed by atoms with E-state index < -0.39 is 5.82 Å². The van der Waals surface area contributed by atoms with Gasteiger partial charge >= 0.3 is 0 Å². The van der Waals surface area contributed by atoms with Crippen molar-refractivity contribution >= 4 is 17.5 Å². The van der Waals surface area contributed by atoms with Gasteiger partial charge < -0.3 is 10.2 Å². The van der Waals surface area contributed by atoms with Gasteiger partial charge in [-0.05, 0) is 24.6 Å². The number of rotatable bonds is 8. The molecule has 0 aromatic heterocycles. The zero-order valence-corrected chi connectivity index (χ0v) is 12.7. The van der Waals surface area contributed by atoms with E-state index in [0.29, 0.717) is 12.2 Å². The third-order valence-corrected chi connectivity index (χ3v) is 3.16. The molecule has 2 amide bonds. The largest absolute Gasteiger partial charge is 0.356 e. The number of benzene rings is 1. The molecule has 4 nitrogen and oxygen atoms in total. The lowest BCUT2D eigenvalue weighted by Crippen LogP contribution is -2.34. The maximum absolute atomic E-state index is 13.2. The molecule has 0 saturated heterocycles. The first kappa shape index (κ1) is 17.1. The predicted octanol–water partition coefficient (Wildman–Crippen LogP) is 2.88. The third-order valence-electron chi connectivity index (χ3n) is 3.16. The highest BCUT2D eigenvalue weighted by Gasteiger charge is 2.13. The zero-order valence-electron chi connectivity index (χ0n) is 12.7. The van der Waals surface area contributed by atoms with Gasteiger partial charge in [0.15, 0.2) is 0 Å². The maximum atomic E-state index is 13.2. The average molecular weight is 294 g/mol. The molecule has 0 atom stereocenters. The van der Waals surface area contributed by atoms with Gasteiger partial charge in [0.05, 0.1) is 0 Å². The number of halogens is 1. The second-order valence-electron chi connectivity index (χ2n) is 4.96. The lowest BCUT2D eigenvalue weighted by atomic mass is 10.2. The first-order valence-electron chi connectivity index (χ1n) is 7.35. The van der Waals surface area contributed by atoms with Gasteiger partial charge in [-0.15, -0.1) is 0 Å². The van der Waals surface area contributed by atoms with Crippen LogP contribution in [0.25, 0.3) is 0 Å². The highest BCUT2D eigenvalue weighted by atomic mass is 19.1. The summed E-state index contributed by atoms with van der Waals surface area (Å²) in [6.45, 7) is 4.42. The molecule has 1 aromatic carbocycles. The van der Waals surface area contributed by atoms with Gasteiger partial charge in [0.1, 0.15) is 5.82 Å². The number of nitrogens with zero attached hydrogens (tertiary/aromatic N) is 1. The molecule has 0 radical (unpaired) electrons. The molecule has 21 heavy (non-hydrogen) atoms. The molecule has 0 aliphatic rings. The number of amides is 2. The van der Waals surface area contributed by atoms with Crippen LogP contribution >= 0.6 is 0 Å². The Morgan fingerprint density at radius 3 is 2.67 bits per heavy atom. The number of hydrogen-bond acceptors (Lipinski definition) is 2. The first-order chi connectivity index (χ1) is 10.0. The van der Waals surface area contributed by atoms with Gasteiger partial charge in [0, 0.05) is 32.1 Å². The van der Waals surface area contributed by atoms with Gasteiger partial charge in [-0.2, -0.15) is 0 Å². The highest BCUT2D eigenvalue weighted by Crippen LogP contribution is 2.16. The van der Waals surface area contributed by atoms with Gasteiger partial charge in [-0.1, -0.05) is 25.8 Å². The highest BCUT2D eigenvalue weighted by molar-refractivity contribution is 5.92. The zero-order chi connectivity index (χ0) is 15.7. The molecule has 5 heteroatoms. The number of anilines is 1. The van der Waals surface area contributed by atoms with Crippen LogP contribution in [0.15, 0.2) is 24.3 Å². The van der Waals surface area contributed by atoms with Crippen LogP contribution in [0.3, 0.4) is 0 Å². The monoisotopic (exact) mass is 294 g/mol. The van der Waals surface area contributed by atoms with Crippen molar-refractivity contribution in [2.24, 2.45) is 0 Å². The van der Waals surface area contributed by atoms with E-state index in [4.69, 9.17) is 0 Å². The smallest absolute Gasteiger partial charge is 0.223 e. The molecule has 0 aliphatic heterocycles. The predicted molar refractivity (Wildman–Crippen MR) is 81.6 cm³/mol. The van der Waals surface area contributed by atoms with Crippen molar-refractivity contribution in [3.05, 3.63) is 30.1 Å². The molecule has 116 valence electrons. The summed E-state index contributed by atoms with van der Waals surface area (Å²) >= 11 is 0. The summed E-state index contributed by atoms with van der Waals surface area (Å²) in [5.74, 6) is -0.698. The number of unbranched alkanes of at least 4 members (excludes halogenated alkanes) is 2. The van der Waals surface area contributed by atoms with Crippen LogP contribution in [0, 0.1) is 5.82 Å². The lowest BCUT2D eigenvalue weighted by Gasteiger charge is -2.21. The summed E-state index contributed by atoms with van der Waals surface area (Å²) in [4.78, 5) is 24.8. The quantitative estimate of drug-likeness (QED) is 0.749. The van der Waals surface area contributed by atoms with Gasteiger partial charge in [-0.3, -0.25) is 9.59 Å². The van der Waals surface area contributed by atoms with Crippen molar-refractivity contribution in [1.82, 2.24) is 5.32 Å². The van der Waals surface area contributed by atoms with Crippen molar-refractivity contribution in [2.75, 3.05) is 18.0 Å². The van der Waals surface area contributed by atoms with E-state index in [0.717, 1.165) is 19.3 Å². The van der Waals surface area contributed by atoms with Gasteiger partial charge in [-0.25, -0.2) is 4.39 Å². The van der Waals surface area contributed by atoms with Crippen LogP contribution in [-0.2, 0) is 9.59 Å². The topological polar surface area (TPSA) is 49.4 Å². The molecule has 1 aromatic rings. The van der Waals surface area contributed by atoms with E-state index in [2.05, 4.69) is 12.2 Å². The van der Waals surface area contributed by atoms with E-state index in [1.165, 1.54) is 24.0 Å². The summed E-state index contributed by atoms with van der Waals surface area (Å²) in [6, 6.07) is 5.82. The fourth-order valence-electron chi connectivity index (χ4n) is 2.02. The van der Waals surface area contributed by atoms with E-state index >= 15 is 0 Å². The number of nitrogens with one attached hydrogen (secondary N) is 1. The summed E-state index contributed by atoms with van der Waals surface area (Å²) in [5.41, 5.74) is 0.473. The summed E-state index contributed by atoms with van der Waals surface area (Å²) in [6.07, 6.45) is 3.36. The van der Waals surface area contributed by atoms with Crippen LogP contribution in [0.1, 0.15) is 39.5 Å². The molecular formula is C16H23FN2O2. The second kappa shape index (κ2) is 9.10. The van der Waals surface area contributed by atoms with E-state index in [1.807, 2.05) is 0 Å². The van der Waals surface area contributed by atoms with Crippen LogP contribution in [-0.4, -0.2) is 24.9 Å². The molecule has 0 spiro atoms. The lowest BCUT2D eigenvalue weighted by molar-refractivity contribution is -0.121. The Balaban J connectivity index is 2.49. The molecule has 0 fully saturated rings. The normalized spacial score (nSPS) is 10.2.